The summed E-state index contributed by atoms with van der Waals surface area (Å²) in [5.41, 5.74) is 0. The van der Waals surface area contributed by atoms with Crippen LogP contribution in [0.1, 0.15) is 280 Å². The second kappa shape index (κ2) is 72.2. The van der Waals surface area contributed by atoms with E-state index in [9.17, 15) is 0 Å². The molecule has 333 valence electrons. The van der Waals surface area contributed by atoms with Crippen molar-refractivity contribution in [3.05, 3.63) is 16.0 Å². The van der Waals surface area contributed by atoms with E-state index in [0.29, 0.717) is 0 Å². The molecule has 0 amide bonds. The Labute approximate surface area is 366 Å². The Morgan fingerprint density at radius 3 is 0.455 bits per heavy atom. The van der Waals surface area contributed by atoms with E-state index in [1.54, 1.807) is 6.92 Å². The Morgan fingerprint density at radius 2 is 0.327 bits per heavy atom. The number of hydrogen-bond acceptors (Lipinski definition) is 1. The van der Waals surface area contributed by atoms with Gasteiger partial charge in [-0.1, -0.05) is 273 Å². The number of nitrogens with zero attached hydrogens (tertiary/aromatic N) is 3. The van der Waals surface area contributed by atoms with E-state index >= 15 is 0 Å². The van der Waals surface area contributed by atoms with Crippen LogP contribution in [0.3, 0.4) is 0 Å². The van der Waals surface area contributed by atoms with Crippen LogP contribution in [0.4, 0.5) is 0 Å². The first-order valence-electron chi connectivity index (χ1n) is 25.2. The van der Waals surface area contributed by atoms with Crippen LogP contribution in [0.15, 0.2) is 0 Å². The normalized spacial score (nSPS) is 10.5. The van der Waals surface area contributed by atoms with Crippen molar-refractivity contribution < 1.29 is 26.8 Å². The van der Waals surface area contributed by atoms with Crippen molar-refractivity contribution in [2.45, 2.75) is 280 Å². The van der Waals surface area contributed by atoms with Crippen molar-refractivity contribution in [2.24, 2.45) is 0 Å². The van der Waals surface area contributed by atoms with Crippen molar-refractivity contribution in [3.63, 3.8) is 0 Å². The van der Waals surface area contributed by atoms with Gasteiger partial charge in [-0.15, -0.1) is 39.3 Å². The van der Waals surface area contributed by atoms with Gasteiger partial charge in [0, 0.05) is 6.61 Å². The Balaban J connectivity index is -0.000000217. The van der Waals surface area contributed by atoms with Gasteiger partial charge in [0.05, 0.1) is 0 Å². The van der Waals surface area contributed by atoms with E-state index in [1.165, 1.54) is 231 Å². The minimum absolute atomic E-state index is 0. The van der Waals surface area contributed by atoms with E-state index in [-0.39, 0.29) is 28.3 Å². The molecule has 0 fully saturated rings. The molecule has 1 radical (unpaired) electrons. The predicted molar refractivity (Wildman–Crippen MR) is 252 cm³/mol. The molecule has 0 spiro atoms. The average Bonchev–Trinajstić information content (AvgIpc) is 3.18. The summed E-state index contributed by atoms with van der Waals surface area (Å²) < 4.78 is 0. The predicted octanol–water partition coefficient (Wildman–Crippen LogP) is 18.2. The van der Waals surface area contributed by atoms with E-state index in [0.717, 1.165) is 39.3 Å². The molecule has 0 saturated heterocycles. The quantitative estimate of drug-likeness (QED) is 0.0484. The summed E-state index contributed by atoms with van der Waals surface area (Å²) in [4.78, 5) is 0. The molecule has 4 nitrogen and oxygen atoms in total. The molecule has 0 bridgehead atoms. The number of aliphatic hydroxyl groups excluding tert-OH is 1. The molecule has 0 aromatic rings. The fraction of sp³-hybridized carbons (Fsp3) is 1.00. The van der Waals surface area contributed by atoms with E-state index in [4.69, 9.17) is 5.11 Å². The van der Waals surface area contributed by atoms with Crippen LogP contribution in [-0.2, 0) is 21.7 Å². The van der Waals surface area contributed by atoms with Gasteiger partial charge in [-0.3, -0.25) is 0 Å². The zero-order chi connectivity index (χ0) is 40.5. The smallest absolute Gasteiger partial charge is 0.662 e. The van der Waals surface area contributed by atoms with Crippen molar-refractivity contribution in [3.8, 4) is 0 Å². The summed E-state index contributed by atoms with van der Waals surface area (Å²) in [5, 5.41) is 21.4. The Bertz CT molecular complexity index is 426. The molecule has 5 heteroatoms. The molecule has 0 unspecified atom stereocenters. The third kappa shape index (κ3) is 83.2. The van der Waals surface area contributed by atoms with Gasteiger partial charge in [0.2, 0.25) is 0 Å². The van der Waals surface area contributed by atoms with Gasteiger partial charge in [0.25, 0.3) is 0 Å². The zero-order valence-corrected chi connectivity index (χ0v) is 41.3. The van der Waals surface area contributed by atoms with Crippen LogP contribution < -0.4 is 0 Å². The molecular formula is C50H108N3OTi. The first kappa shape index (κ1) is 64.7. The summed E-state index contributed by atoms with van der Waals surface area (Å²) in [6.07, 6.45) is 49.9. The minimum atomic E-state index is 0. The Kier molecular flexibility index (Phi) is 84.9. The maximum atomic E-state index is 7.57. The molecule has 0 aliphatic heterocycles. The molecule has 1 N–H and O–H groups in total. The topological polar surface area (TPSA) is 62.5 Å². The van der Waals surface area contributed by atoms with Gasteiger partial charge >= 0.3 is 21.7 Å². The zero-order valence-electron chi connectivity index (χ0n) is 39.7. The average molecular weight is 815 g/mol. The van der Waals surface area contributed by atoms with Gasteiger partial charge < -0.3 is 21.1 Å². The Morgan fingerprint density at radius 1 is 0.218 bits per heavy atom. The monoisotopic (exact) mass is 815 g/mol. The van der Waals surface area contributed by atoms with Crippen LogP contribution in [0, 0.1) is 0 Å². The summed E-state index contributed by atoms with van der Waals surface area (Å²) >= 11 is 0. The molecule has 0 rings (SSSR count). The van der Waals surface area contributed by atoms with E-state index in [2.05, 4.69) is 57.5 Å². The number of rotatable bonds is 42. The summed E-state index contributed by atoms with van der Waals surface area (Å²) in [5.74, 6) is 0. The van der Waals surface area contributed by atoms with Crippen molar-refractivity contribution in [1.29, 1.82) is 0 Å². The maximum Gasteiger partial charge on any atom is 3.00 e. The largest absolute Gasteiger partial charge is 3.00 e. The van der Waals surface area contributed by atoms with Crippen molar-refractivity contribution in [2.75, 3.05) is 45.9 Å². The third-order valence-electron chi connectivity index (χ3n) is 10.0. The van der Waals surface area contributed by atoms with Gasteiger partial charge in [0.15, 0.2) is 0 Å². The molecule has 0 aromatic heterocycles. The minimum Gasteiger partial charge on any atom is -0.662 e. The second-order valence-electron chi connectivity index (χ2n) is 15.9. The summed E-state index contributed by atoms with van der Waals surface area (Å²) in [7, 11) is 0. The Hall–Kier alpha value is 0.554. The molecule has 55 heavy (non-hydrogen) atoms. The first-order chi connectivity index (χ1) is 26.7. The first-order valence-corrected chi connectivity index (χ1v) is 25.2. The van der Waals surface area contributed by atoms with Crippen LogP contribution in [-0.4, -0.2) is 51.0 Å². The van der Waals surface area contributed by atoms with E-state index < -0.39 is 0 Å². The molecule has 0 saturated carbocycles. The van der Waals surface area contributed by atoms with E-state index in [1.807, 2.05) is 0 Å². The SMILES string of the molecule is CCCCCCCC[N-]CCCCCCCC.CCCCCCCC[N-]CCCCCCCC.CCCCCCCC[N-]CCCCCCCC.CCO.[Ti+3]. The van der Waals surface area contributed by atoms with Gasteiger partial charge in [-0.05, 0) is 6.92 Å². The summed E-state index contributed by atoms with van der Waals surface area (Å²) in [6, 6.07) is 0. The molecule has 0 heterocycles. The molecule has 0 aliphatic rings. The number of hydrogen-bond donors (Lipinski definition) is 1. The fourth-order valence-corrected chi connectivity index (χ4v) is 6.36. The molecule has 0 aromatic carbocycles. The van der Waals surface area contributed by atoms with Crippen molar-refractivity contribution in [1.82, 2.24) is 0 Å². The number of unbranched alkanes of at least 4 members (excludes halogenated alkanes) is 30. The molecular weight excluding hydrogens is 706 g/mol. The molecule has 0 atom stereocenters. The van der Waals surface area contributed by atoms with Crippen molar-refractivity contribution >= 4 is 0 Å². The van der Waals surface area contributed by atoms with Gasteiger partial charge in [-0.2, -0.15) is 0 Å². The van der Waals surface area contributed by atoms with Crippen LogP contribution >= 0.6 is 0 Å². The third-order valence-corrected chi connectivity index (χ3v) is 10.0. The van der Waals surface area contributed by atoms with Crippen LogP contribution in [0.2, 0.25) is 0 Å². The fourth-order valence-electron chi connectivity index (χ4n) is 6.36. The molecule has 0 aliphatic carbocycles. The van der Waals surface area contributed by atoms with Crippen LogP contribution in [0.5, 0.6) is 0 Å². The standard InChI is InChI=1S/3C16H34N.C2H6O.Ti/c3*1-3-5-7-9-11-13-15-17-16-14-12-10-8-6-4-2;1-2-3;/h3*3-16H2,1-2H3;3H,2H2,1H3;/q3*-1;;+3. The second-order valence-corrected chi connectivity index (χ2v) is 15.9. The summed E-state index contributed by atoms with van der Waals surface area (Å²) in [6.45, 7) is 22.2. The van der Waals surface area contributed by atoms with Gasteiger partial charge in [0.1, 0.15) is 0 Å². The van der Waals surface area contributed by atoms with Crippen LogP contribution in [0.25, 0.3) is 16.0 Å². The maximum absolute atomic E-state index is 7.57. The van der Waals surface area contributed by atoms with Gasteiger partial charge in [-0.25, -0.2) is 0 Å². The number of aliphatic hydroxyl groups is 1.